The molecule has 1 atom stereocenters. The second kappa shape index (κ2) is 8.13. The Hall–Kier alpha value is -1.69. The molecule has 1 aliphatic rings. The summed E-state index contributed by atoms with van der Waals surface area (Å²) in [5.74, 6) is 0.728. The van der Waals surface area contributed by atoms with Crippen LogP contribution in [0.2, 0.25) is 5.02 Å². The van der Waals surface area contributed by atoms with Crippen LogP contribution >= 0.6 is 34.3 Å². The molecule has 1 aromatic carbocycles. The monoisotopic (exact) mass is 416 g/mol. The van der Waals surface area contributed by atoms with E-state index in [4.69, 9.17) is 11.6 Å². The average molecular weight is 417 g/mol. The van der Waals surface area contributed by atoms with Gasteiger partial charge in [0.1, 0.15) is 0 Å². The van der Waals surface area contributed by atoms with E-state index in [1.165, 1.54) is 34.6 Å². The van der Waals surface area contributed by atoms with Crippen molar-refractivity contribution in [1.29, 1.82) is 0 Å². The van der Waals surface area contributed by atoms with Gasteiger partial charge in [-0.15, -0.1) is 22.7 Å². The quantitative estimate of drug-likeness (QED) is 0.536. The van der Waals surface area contributed by atoms with E-state index in [9.17, 15) is 4.79 Å². The number of rotatable bonds is 5. The van der Waals surface area contributed by atoms with Crippen LogP contribution < -0.4 is 5.32 Å². The number of hydrogen-bond donors (Lipinski definition) is 1. The van der Waals surface area contributed by atoms with Crippen molar-refractivity contribution in [3.8, 4) is 0 Å². The Balaban J connectivity index is 1.44. The molecular formula is C21H21ClN2OS2. The van der Waals surface area contributed by atoms with Gasteiger partial charge in [-0.25, -0.2) is 4.98 Å². The zero-order chi connectivity index (χ0) is 18.8. The molecule has 27 heavy (non-hydrogen) atoms. The van der Waals surface area contributed by atoms with Gasteiger partial charge in [-0.05, 0) is 48.4 Å². The third-order valence-electron chi connectivity index (χ3n) is 5.12. The fourth-order valence-electron chi connectivity index (χ4n) is 3.58. The number of aromatic nitrogens is 1. The largest absolute Gasteiger partial charge is 0.298 e. The molecule has 2 heterocycles. The van der Waals surface area contributed by atoms with Crippen LogP contribution in [0.5, 0.6) is 0 Å². The van der Waals surface area contributed by atoms with E-state index >= 15 is 0 Å². The molecule has 140 valence electrons. The highest BCUT2D eigenvalue weighted by molar-refractivity contribution is 7.15. The summed E-state index contributed by atoms with van der Waals surface area (Å²) in [6.07, 6.45) is 7.12. The van der Waals surface area contributed by atoms with E-state index < -0.39 is 0 Å². The van der Waals surface area contributed by atoms with Crippen molar-refractivity contribution >= 4 is 45.3 Å². The van der Waals surface area contributed by atoms with E-state index in [0.29, 0.717) is 5.13 Å². The maximum absolute atomic E-state index is 12.8. The Labute approximate surface area is 172 Å². The topological polar surface area (TPSA) is 42.0 Å². The molecule has 0 saturated carbocycles. The van der Waals surface area contributed by atoms with E-state index in [-0.39, 0.29) is 5.91 Å². The second-order valence-corrected chi connectivity index (χ2v) is 9.48. The maximum atomic E-state index is 12.8. The predicted molar refractivity (Wildman–Crippen MR) is 114 cm³/mol. The Kier molecular flexibility index (Phi) is 5.62. The summed E-state index contributed by atoms with van der Waals surface area (Å²) in [5.41, 5.74) is 3.22. The Morgan fingerprint density at radius 1 is 1.41 bits per heavy atom. The minimum absolute atomic E-state index is 0.0360. The first-order valence-electron chi connectivity index (χ1n) is 9.22. The lowest BCUT2D eigenvalue weighted by Gasteiger charge is -2.21. The lowest BCUT2D eigenvalue weighted by molar-refractivity contribution is 0.102. The summed E-state index contributed by atoms with van der Waals surface area (Å²) in [6.45, 7) is 2.25. The molecule has 3 nitrogen and oxygen atoms in total. The summed E-state index contributed by atoms with van der Waals surface area (Å²) in [7, 11) is 0. The number of carbonyl (C=O) groups is 1. The Morgan fingerprint density at radius 2 is 2.30 bits per heavy atom. The second-order valence-electron chi connectivity index (χ2n) is 6.96. The van der Waals surface area contributed by atoms with Gasteiger partial charge in [-0.2, -0.15) is 0 Å². The summed E-state index contributed by atoms with van der Waals surface area (Å²) >= 11 is 9.30. The zero-order valence-electron chi connectivity index (χ0n) is 15.1. The average Bonchev–Trinajstić information content (AvgIpc) is 3.27. The zero-order valence-corrected chi connectivity index (χ0v) is 17.5. The first-order chi connectivity index (χ1) is 13.1. The van der Waals surface area contributed by atoms with Crippen LogP contribution in [0.4, 0.5) is 5.13 Å². The first kappa shape index (κ1) is 18.7. The minimum atomic E-state index is -0.0360. The third-order valence-corrected chi connectivity index (χ3v) is 7.32. The summed E-state index contributed by atoms with van der Waals surface area (Å²) in [5, 5.41) is 6.39. The van der Waals surface area contributed by atoms with Crippen molar-refractivity contribution in [2.24, 2.45) is 5.92 Å². The van der Waals surface area contributed by atoms with Gasteiger partial charge in [-0.3, -0.25) is 10.1 Å². The van der Waals surface area contributed by atoms with Gasteiger partial charge >= 0.3 is 0 Å². The number of hydrogen-bond acceptors (Lipinski definition) is 4. The minimum Gasteiger partial charge on any atom is -0.298 e. The number of carbonyl (C=O) groups excluding carboxylic acids is 1. The summed E-state index contributed by atoms with van der Waals surface area (Å²) in [4.78, 5) is 19.6. The van der Waals surface area contributed by atoms with Gasteiger partial charge in [0.25, 0.3) is 5.91 Å². The van der Waals surface area contributed by atoms with Crippen molar-refractivity contribution < 1.29 is 4.79 Å². The number of amides is 1. The molecule has 1 aliphatic carbocycles. The van der Waals surface area contributed by atoms with Crippen molar-refractivity contribution in [2.45, 2.75) is 39.0 Å². The number of nitrogens with one attached hydrogen (secondary N) is 1. The van der Waals surface area contributed by atoms with Crippen molar-refractivity contribution in [3.05, 3.63) is 67.3 Å². The molecule has 4 rings (SSSR count). The van der Waals surface area contributed by atoms with Crippen LogP contribution in [0, 0.1) is 5.92 Å². The molecule has 0 radical (unpaired) electrons. The Bertz CT molecular complexity index is 963. The highest BCUT2D eigenvalue weighted by Gasteiger charge is 2.24. The van der Waals surface area contributed by atoms with E-state index in [1.54, 1.807) is 11.3 Å². The molecule has 1 unspecified atom stereocenters. The van der Waals surface area contributed by atoms with Gasteiger partial charge in [0, 0.05) is 32.8 Å². The van der Waals surface area contributed by atoms with Crippen molar-refractivity contribution in [3.63, 3.8) is 0 Å². The molecule has 6 heteroatoms. The number of fused-ring (bicyclic) bond motifs is 1. The number of thiazole rings is 1. The normalized spacial score (nSPS) is 16.1. The van der Waals surface area contributed by atoms with Crippen LogP contribution in [-0.4, -0.2) is 10.9 Å². The van der Waals surface area contributed by atoms with Gasteiger partial charge in [0.2, 0.25) is 0 Å². The molecule has 3 aromatic rings. The highest BCUT2D eigenvalue weighted by Crippen LogP contribution is 2.34. The maximum Gasteiger partial charge on any atom is 0.258 e. The van der Waals surface area contributed by atoms with Crippen LogP contribution in [-0.2, 0) is 19.3 Å². The molecular weight excluding hydrogens is 396 g/mol. The van der Waals surface area contributed by atoms with Gasteiger partial charge in [0.05, 0.1) is 5.56 Å². The fraction of sp³-hybridized carbons (Fsp3) is 0.333. The Morgan fingerprint density at radius 3 is 3.11 bits per heavy atom. The SMILES string of the molecule is CCC1CCc2c(C(=O)Nc3ncc(Cc4cccc(Cl)c4)s3)csc2C1. The summed E-state index contributed by atoms with van der Waals surface area (Å²) < 4.78 is 0. The molecule has 0 spiro atoms. The fourth-order valence-corrected chi connectivity index (χ4v) is 5.83. The van der Waals surface area contributed by atoms with Crippen LogP contribution in [0.15, 0.2) is 35.8 Å². The number of nitrogens with zero attached hydrogens (tertiary/aromatic N) is 1. The van der Waals surface area contributed by atoms with Crippen molar-refractivity contribution in [2.75, 3.05) is 5.32 Å². The number of halogens is 1. The molecule has 0 aliphatic heterocycles. The van der Waals surface area contributed by atoms with Crippen LogP contribution in [0.25, 0.3) is 0 Å². The van der Waals surface area contributed by atoms with Crippen LogP contribution in [0.3, 0.4) is 0 Å². The molecule has 1 N–H and O–H groups in total. The van der Waals surface area contributed by atoms with Gasteiger partial charge in [-0.1, -0.05) is 37.1 Å². The van der Waals surface area contributed by atoms with Crippen LogP contribution in [0.1, 0.15) is 51.0 Å². The highest BCUT2D eigenvalue weighted by atomic mass is 35.5. The predicted octanol–water partition coefficient (Wildman–Crippen LogP) is 6.22. The van der Waals surface area contributed by atoms with Crippen molar-refractivity contribution in [1.82, 2.24) is 4.98 Å². The third kappa shape index (κ3) is 4.26. The first-order valence-corrected chi connectivity index (χ1v) is 11.3. The standard InChI is InChI=1S/C21H21ClN2OS2/c1-2-13-6-7-17-18(12-26-19(17)10-13)20(25)24-21-23-11-16(27-21)9-14-4-3-5-15(22)8-14/h3-5,8,11-13H,2,6-7,9-10H2,1H3,(H,23,24,25). The molecule has 1 amide bonds. The lowest BCUT2D eigenvalue weighted by atomic mass is 9.86. The summed E-state index contributed by atoms with van der Waals surface area (Å²) in [6, 6.07) is 7.82. The van der Waals surface area contributed by atoms with Gasteiger partial charge in [0.15, 0.2) is 5.13 Å². The van der Waals surface area contributed by atoms with Gasteiger partial charge < -0.3 is 0 Å². The van der Waals surface area contributed by atoms with E-state index in [0.717, 1.165) is 46.2 Å². The smallest absolute Gasteiger partial charge is 0.258 e. The number of anilines is 1. The van der Waals surface area contributed by atoms with E-state index in [2.05, 4.69) is 17.2 Å². The van der Waals surface area contributed by atoms with E-state index in [1.807, 2.05) is 35.8 Å². The molecule has 2 aromatic heterocycles. The number of thiophene rings is 1. The molecule has 0 fully saturated rings. The molecule has 0 saturated heterocycles. The molecule has 0 bridgehead atoms. The number of benzene rings is 1. The lowest BCUT2D eigenvalue weighted by Crippen LogP contribution is -2.17.